The first kappa shape index (κ1) is 21.3. The van der Waals surface area contributed by atoms with Gasteiger partial charge in [0.15, 0.2) is 5.82 Å². The molecule has 11 heteroatoms. The van der Waals surface area contributed by atoms with Crippen LogP contribution in [0.5, 0.6) is 0 Å². The van der Waals surface area contributed by atoms with E-state index in [1.54, 1.807) is 27.7 Å². The molecule has 29 heavy (non-hydrogen) atoms. The Morgan fingerprint density at radius 2 is 2.10 bits per heavy atom. The lowest BCUT2D eigenvalue weighted by Crippen LogP contribution is -2.37. The Labute approximate surface area is 178 Å². The van der Waals surface area contributed by atoms with Crippen LogP contribution in [-0.4, -0.2) is 31.4 Å². The molecule has 154 valence electrons. The van der Waals surface area contributed by atoms with Crippen LogP contribution in [0.25, 0.3) is 16.7 Å². The molecule has 1 aromatic carbocycles. The number of ether oxygens (including phenoxy) is 1. The fourth-order valence-electron chi connectivity index (χ4n) is 2.71. The fourth-order valence-corrected chi connectivity index (χ4v) is 3.33. The van der Waals surface area contributed by atoms with Crippen LogP contribution in [0.4, 0.5) is 9.18 Å². The molecule has 0 bridgehead atoms. The number of aromatic nitrogens is 4. The predicted molar refractivity (Wildman–Crippen MR) is 110 cm³/mol. The number of nitrogens with one attached hydrogen (secondary N) is 2. The lowest BCUT2D eigenvalue weighted by Gasteiger charge is -2.23. The molecule has 2 N–H and O–H groups in total. The molecule has 0 aliphatic rings. The van der Waals surface area contributed by atoms with E-state index in [0.717, 1.165) is 12.1 Å². The number of fused-ring (bicyclic) bond motifs is 1. The van der Waals surface area contributed by atoms with Crippen LogP contribution < -0.4 is 10.9 Å². The van der Waals surface area contributed by atoms with Crippen molar-refractivity contribution in [2.45, 2.75) is 39.3 Å². The summed E-state index contributed by atoms with van der Waals surface area (Å²) in [5.41, 5.74) is -1.15. The van der Waals surface area contributed by atoms with E-state index in [4.69, 9.17) is 16.3 Å². The van der Waals surface area contributed by atoms with Gasteiger partial charge in [0.05, 0.1) is 32.6 Å². The summed E-state index contributed by atoms with van der Waals surface area (Å²) in [7, 11) is 0. The molecular formula is C18H18BrClFN5O3. The molecule has 0 aliphatic carbocycles. The maximum atomic E-state index is 13.9. The highest BCUT2D eigenvalue weighted by atomic mass is 79.9. The minimum absolute atomic E-state index is 0.00952. The molecule has 8 nitrogen and oxygen atoms in total. The lowest BCUT2D eigenvalue weighted by atomic mass is 10.2. The van der Waals surface area contributed by atoms with Gasteiger partial charge in [-0.15, -0.1) is 0 Å². The Balaban J connectivity index is 2.20. The van der Waals surface area contributed by atoms with Gasteiger partial charge in [-0.3, -0.25) is 9.89 Å². The molecule has 1 atom stereocenters. The standard InChI is InChI=1S/C18H18BrClFN5O3/c1-8(23-17(28)29-18(2,3)4)14-24-13-10(5-9(21)6-12(13)20)16(27)26(14)15-11(19)7-22-25-15/h5-8H,1-4H3,(H,22,25)(H,23,28)/t8-/m0/s1. The maximum absolute atomic E-state index is 13.9. The molecule has 2 heterocycles. The SMILES string of the molecule is C[C@H](NC(=O)OC(C)(C)C)c1nc2c(Cl)cc(F)cc2c(=O)n1-c1[nH]ncc1Br. The van der Waals surface area contributed by atoms with Gasteiger partial charge in [0, 0.05) is 0 Å². The third kappa shape index (κ3) is 4.43. The van der Waals surface area contributed by atoms with E-state index in [2.05, 4.69) is 36.4 Å². The molecule has 0 aliphatic heterocycles. The molecule has 0 spiro atoms. The zero-order valence-electron chi connectivity index (χ0n) is 16.0. The van der Waals surface area contributed by atoms with Crippen molar-refractivity contribution in [3.63, 3.8) is 0 Å². The van der Waals surface area contributed by atoms with E-state index in [1.165, 1.54) is 10.8 Å². The lowest BCUT2D eigenvalue weighted by molar-refractivity contribution is 0.0505. The van der Waals surface area contributed by atoms with E-state index in [9.17, 15) is 14.0 Å². The molecule has 0 saturated heterocycles. The Hall–Kier alpha value is -2.46. The molecular weight excluding hydrogens is 469 g/mol. The third-order valence-corrected chi connectivity index (χ3v) is 4.70. The zero-order valence-corrected chi connectivity index (χ0v) is 18.4. The van der Waals surface area contributed by atoms with Crippen molar-refractivity contribution >= 4 is 44.5 Å². The number of amides is 1. The minimum Gasteiger partial charge on any atom is -0.444 e. The van der Waals surface area contributed by atoms with Gasteiger partial charge in [0.25, 0.3) is 5.56 Å². The molecule has 0 fully saturated rings. The first-order chi connectivity index (χ1) is 13.5. The van der Waals surface area contributed by atoms with E-state index in [0.29, 0.717) is 4.47 Å². The number of H-pyrrole nitrogens is 1. The van der Waals surface area contributed by atoms with Gasteiger partial charge in [0.2, 0.25) is 0 Å². The van der Waals surface area contributed by atoms with Gasteiger partial charge < -0.3 is 10.1 Å². The van der Waals surface area contributed by atoms with Crippen molar-refractivity contribution in [1.82, 2.24) is 25.1 Å². The van der Waals surface area contributed by atoms with E-state index in [-0.39, 0.29) is 27.6 Å². The third-order valence-electron chi connectivity index (χ3n) is 3.84. The first-order valence-corrected chi connectivity index (χ1v) is 9.75. The average molecular weight is 487 g/mol. The second kappa shape index (κ2) is 7.75. The normalized spacial score (nSPS) is 12.8. The van der Waals surface area contributed by atoms with Crippen molar-refractivity contribution in [1.29, 1.82) is 0 Å². The van der Waals surface area contributed by atoms with Crippen molar-refractivity contribution in [3.05, 3.63) is 49.8 Å². The molecule has 0 unspecified atom stereocenters. The van der Waals surface area contributed by atoms with E-state index < -0.39 is 29.1 Å². The van der Waals surface area contributed by atoms with Gasteiger partial charge in [-0.05, 0) is 55.8 Å². The topological polar surface area (TPSA) is 102 Å². The van der Waals surface area contributed by atoms with Gasteiger partial charge in [-0.2, -0.15) is 5.10 Å². The second-order valence-electron chi connectivity index (χ2n) is 7.33. The summed E-state index contributed by atoms with van der Waals surface area (Å²) in [6.07, 6.45) is 0.778. The summed E-state index contributed by atoms with van der Waals surface area (Å²) in [6, 6.07) is 1.38. The number of hydrogen-bond acceptors (Lipinski definition) is 5. The Morgan fingerprint density at radius 1 is 1.41 bits per heavy atom. The molecule has 2 aromatic heterocycles. The number of hydrogen-bond donors (Lipinski definition) is 2. The average Bonchev–Trinajstić information content (AvgIpc) is 2.99. The number of carbonyl (C=O) groups excluding carboxylic acids is 1. The van der Waals surface area contributed by atoms with Crippen LogP contribution in [0, 0.1) is 5.82 Å². The van der Waals surface area contributed by atoms with Gasteiger partial charge in [-0.1, -0.05) is 11.6 Å². The van der Waals surface area contributed by atoms with Crippen molar-refractivity contribution in [2.75, 3.05) is 0 Å². The summed E-state index contributed by atoms with van der Waals surface area (Å²) in [6.45, 7) is 6.84. The Morgan fingerprint density at radius 3 is 2.69 bits per heavy atom. The molecule has 0 radical (unpaired) electrons. The highest BCUT2D eigenvalue weighted by Gasteiger charge is 2.25. The van der Waals surface area contributed by atoms with Gasteiger partial charge >= 0.3 is 6.09 Å². The van der Waals surface area contributed by atoms with Gasteiger partial charge in [0.1, 0.15) is 17.2 Å². The van der Waals surface area contributed by atoms with Crippen LogP contribution >= 0.6 is 27.5 Å². The summed E-state index contributed by atoms with van der Waals surface area (Å²) < 4.78 is 20.8. The molecule has 3 aromatic rings. The smallest absolute Gasteiger partial charge is 0.408 e. The van der Waals surface area contributed by atoms with E-state index in [1.807, 2.05) is 0 Å². The number of nitrogens with zero attached hydrogens (tertiary/aromatic N) is 3. The number of benzene rings is 1. The highest BCUT2D eigenvalue weighted by molar-refractivity contribution is 9.10. The molecule has 0 saturated carbocycles. The summed E-state index contributed by atoms with van der Waals surface area (Å²) >= 11 is 9.43. The minimum atomic E-state index is -0.752. The van der Waals surface area contributed by atoms with E-state index >= 15 is 0 Å². The summed E-state index contributed by atoms with van der Waals surface area (Å²) in [5.74, 6) is -0.228. The van der Waals surface area contributed by atoms with Crippen LogP contribution in [0.3, 0.4) is 0 Å². The summed E-state index contributed by atoms with van der Waals surface area (Å²) in [4.78, 5) is 29.9. The maximum Gasteiger partial charge on any atom is 0.408 e. The van der Waals surface area contributed by atoms with Crippen molar-refractivity contribution in [3.8, 4) is 5.82 Å². The fraction of sp³-hybridized carbons (Fsp3) is 0.333. The van der Waals surface area contributed by atoms with Crippen LogP contribution in [0.15, 0.2) is 27.6 Å². The van der Waals surface area contributed by atoms with Crippen molar-refractivity contribution < 1.29 is 13.9 Å². The van der Waals surface area contributed by atoms with Crippen LogP contribution in [-0.2, 0) is 4.74 Å². The van der Waals surface area contributed by atoms with Crippen LogP contribution in [0.2, 0.25) is 5.02 Å². The highest BCUT2D eigenvalue weighted by Crippen LogP contribution is 2.26. The van der Waals surface area contributed by atoms with Crippen LogP contribution in [0.1, 0.15) is 39.6 Å². The number of halogens is 3. The Kier molecular flexibility index (Phi) is 5.68. The first-order valence-electron chi connectivity index (χ1n) is 8.58. The largest absolute Gasteiger partial charge is 0.444 e. The predicted octanol–water partition coefficient (Wildman–Crippen LogP) is 4.25. The van der Waals surface area contributed by atoms with Gasteiger partial charge in [-0.25, -0.2) is 18.7 Å². The number of aromatic amines is 1. The number of alkyl carbamates (subject to hydrolysis) is 1. The second-order valence-corrected chi connectivity index (χ2v) is 8.59. The number of carbonyl (C=O) groups is 1. The monoisotopic (exact) mass is 485 g/mol. The molecule has 3 rings (SSSR count). The zero-order chi connectivity index (χ0) is 21.5. The summed E-state index contributed by atoms with van der Waals surface area (Å²) in [5, 5.41) is 9.21. The quantitative estimate of drug-likeness (QED) is 0.576. The van der Waals surface area contributed by atoms with Crippen molar-refractivity contribution in [2.24, 2.45) is 0 Å². The Bertz CT molecular complexity index is 1150. The number of rotatable bonds is 3. The molecule has 1 amide bonds.